The lowest BCUT2D eigenvalue weighted by molar-refractivity contribution is -0.138. The summed E-state index contributed by atoms with van der Waals surface area (Å²) in [6, 6.07) is 5.70. The maximum absolute atomic E-state index is 12.9. The zero-order chi connectivity index (χ0) is 15.6. The Morgan fingerprint density at radius 2 is 1.90 bits per heavy atom. The number of carbonyl (C=O) groups is 1. The minimum atomic E-state index is -2.82. The molecule has 0 unspecified atom stereocenters. The third kappa shape index (κ3) is 3.24. The van der Waals surface area contributed by atoms with E-state index in [0.29, 0.717) is 10.9 Å². The largest absolute Gasteiger partial charge is 0.480 e. The van der Waals surface area contributed by atoms with Crippen LogP contribution in [0.2, 0.25) is 0 Å². The Balaban J connectivity index is 2.53. The number of hydrogen-bond acceptors (Lipinski definition) is 4. The minimum absolute atomic E-state index is 0.108. The molecule has 0 fully saturated rings. The van der Waals surface area contributed by atoms with Gasteiger partial charge in [0, 0.05) is 5.39 Å². The lowest BCUT2D eigenvalue weighted by Crippen LogP contribution is -2.34. The Kier molecular flexibility index (Phi) is 4.30. The van der Waals surface area contributed by atoms with Crippen LogP contribution in [0.1, 0.15) is 26.1 Å². The number of rotatable bonds is 5. The molecule has 1 heterocycles. The average molecular weight is 295 g/mol. The first-order valence-corrected chi connectivity index (χ1v) is 6.44. The van der Waals surface area contributed by atoms with Gasteiger partial charge < -0.3 is 10.4 Å². The van der Waals surface area contributed by atoms with Gasteiger partial charge in [-0.25, -0.2) is 23.5 Å². The molecule has 21 heavy (non-hydrogen) atoms. The molecule has 7 heteroatoms. The molecule has 2 aromatic rings. The number of hydrogen-bond donors (Lipinski definition) is 2. The van der Waals surface area contributed by atoms with Crippen molar-refractivity contribution in [3.63, 3.8) is 0 Å². The number of carboxylic acid groups (broad SMARTS) is 1. The van der Waals surface area contributed by atoms with Crippen LogP contribution in [0.5, 0.6) is 0 Å². The van der Waals surface area contributed by atoms with Gasteiger partial charge in [0.2, 0.25) is 0 Å². The van der Waals surface area contributed by atoms with E-state index in [1.165, 1.54) is 0 Å². The SMILES string of the molecule is CC(C)[C@H](Nc1nc(C(F)F)nc2ccccc12)C(=O)O. The standard InChI is InChI=1S/C14H15F2N3O2/c1-7(2)10(14(20)21)18-12-8-5-3-4-6-9(8)17-13(19-12)11(15)16/h3-7,10-11H,1-2H3,(H,20,21)(H,17,18,19)/t10-/m0/s1. The molecule has 5 nitrogen and oxygen atoms in total. The van der Waals surface area contributed by atoms with Gasteiger partial charge in [-0.05, 0) is 18.1 Å². The first-order valence-electron chi connectivity index (χ1n) is 6.44. The van der Waals surface area contributed by atoms with E-state index >= 15 is 0 Å². The summed E-state index contributed by atoms with van der Waals surface area (Å²) in [6.45, 7) is 3.45. The van der Waals surface area contributed by atoms with Crippen molar-refractivity contribution in [1.29, 1.82) is 0 Å². The molecule has 112 valence electrons. The highest BCUT2D eigenvalue weighted by Crippen LogP contribution is 2.25. The van der Waals surface area contributed by atoms with Gasteiger partial charge in [0.05, 0.1) is 5.52 Å². The highest BCUT2D eigenvalue weighted by Gasteiger charge is 2.24. The molecule has 0 radical (unpaired) electrons. The third-order valence-corrected chi connectivity index (χ3v) is 3.04. The predicted molar refractivity (Wildman–Crippen MR) is 74.4 cm³/mol. The first kappa shape index (κ1) is 15.1. The van der Waals surface area contributed by atoms with Gasteiger partial charge in [-0.15, -0.1) is 0 Å². The van der Waals surface area contributed by atoms with Gasteiger partial charge >= 0.3 is 5.97 Å². The molecular formula is C14H15F2N3O2. The summed E-state index contributed by atoms with van der Waals surface area (Å²) < 4.78 is 25.7. The molecule has 0 bridgehead atoms. The molecule has 0 saturated heterocycles. The summed E-state index contributed by atoms with van der Waals surface area (Å²) in [5.74, 6) is -1.81. The number of anilines is 1. The van der Waals surface area contributed by atoms with Crippen molar-refractivity contribution in [2.45, 2.75) is 26.3 Å². The fourth-order valence-electron chi connectivity index (χ4n) is 1.96. The third-order valence-electron chi connectivity index (χ3n) is 3.04. The molecule has 0 amide bonds. The van der Waals surface area contributed by atoms with Crippen LogP contribution < -0.4 is 5.32 Å². The molecule has 0 saturated carbocycles. The molecule has 0 aliphatic rings. The lowest BCUT2D eigenvalue weighted by Gasteiger charge is -2.19. The molecule has 2 rings (SSSR count). The number of halogens is 2. The second-order valence-electron chi connectivity index (χ2n) is 4.95. The quantitative estimate of drug-likeness (QED) is 0.886. The number of alkyl halides is 2. The first-order chi connectivity index (χ1) is 9.90. The number of carboxylic acids is 1. The van der Waals surface area contributed by atoms with Crippen molar-refractivity contribution in [2.75, 3.05) is 5.32 Å². The summed E-state index contributed by atoms with van der Waals surface area (Å²) in [6.07, 6.45) is -2.82. The second kappa shape index (κ2) is 5.99. The Labute approximate surface area is 120 Å². The molecular weight excluding hydrogens is 280 g/mol. The van der Waals surface area contributed by atoms with E-state index in [1.54, 1.807) is 38.1 Å². The molecule has 1 aromatic carbocycles. The van der Waals surface area contributed by atoms with Gasteiger partial charge in [0.1, 0.15) is 11.9 Å². The Bertz CT molecular complexity index is 662. The van der Waals surface area contributed by atoms with E-state index in [0.717, 1.165) is 0 Å². The van der Waals surface area contributed by atoms with Gasteiger partial charge in [-0.1, -0.05) is 26.0 Å². The molecule has 0 spiro atoms. The molecule has 1 atom stereocenters. The van der Waals surface area contributed by atoms with Crippen LogP contribution in [0.25, 0.3) is 10.9 Å². The Morgan fingerprint density at radius 3 is 2.48 bits per heavy atom. The number of nitrogens with one attached hydrogen (secondary N) is 1. The number of aliphatic carboxylic acids is 1. The average Bonchev–Trinajstić information content (AvgIpc) is 2.43. The van der Waals surface area contributed by atoms with Gasteiger partial charge in [0.15, 0.2) is 5.82 Å². The number of para-hydroxylation sites is 1. The van der Waals surface area contributed by atoms with Gasteiger partial charge in [-0.2, -0.15) is 0 Å². The fourth-order valence-corrected chi connectivity index (χ4v) is 1.96. The van der Waals surface area contributed by atoms with Crippen LogP contribution >= 0.6 is 0 Å². The zero-order valence-electron chi connectivity index (χ0n) is 11.5. The lowest BCUT2D eigenvalue weighted by atomic mass is 10.0. The van der Waals surface area contributed by atoms with Crippen molar-refractivity contribution in [3.05, 3.63) is 30.1 Å². The van der Waals surface area contributed by atoms with E-state index in [-0.39, 0.29) is 11.7 Å². The fraction of sp³-hybridized carbons (Fsp3) is 0.357. The maximum atomic E-state index is 12.9. The predicted octanol–water partition coefficient (Wildman–Crippen LogP) is 3.09. The summed E-state index contributed by atoms with van der Waals surface area (Å²) in [5, 5.41) is 12.4. The van der Waals surface area contributed by atoms with Crippen molar-refractivity contribution < 1.29 is 18.7 Å². The van der Waals surface area contributed by atoms with Gasteiger partial charge in [0.25, 0.3) is 6.43 Å². The number of benzene rings is 1. The number of aromatic nitrogens is 2. The summed E-state index contributed by atoms with van der Waals surface area (Å²) in [4.78, 5) is 18.8. The molecule has 2 N–H and O–H groups in total. The van der Waals surface area contributed by atoms with E-state index in [4.69, 9.17) is 0 Å². The van der Waals surface area contributed by atoms with E-state index in [2.05, 4.69) is 15.3 Å². The summed E-state index contributed by atoms with van der Waals surface area (Å²) in [5.41, 5.74) is 0.346. The van der Waals surface area contributed by atoms with Crippen LogP contribution in [0, 0.1) is 5.92 Å². The van der Waals surface area contributed by atoms with Crippen molar-refractivity contribution in [3.8, 4) is 0 Å². The molecule has 0 aliphatic carbocycles. The van der Waals surface area contributed by atoms with Crippen molar-refractivity contribution in [2.24, 2.45) is 5.92 Å². The van der Waals surface area contributed by atoms with Gasteiger partial charge in [-0.3, -0.25) is 0 Å². The Hall–Kier alpha value is -2.31. The molecule has 1 aromatic heterocycles. The monoisotopic (exact) mass is 295 g/mol. The summed E-state index contributed by atoms with van der Waals surface area (Å²) in [7, 11) is 0. The number of fused-ring (bicyclic) bond motifs is 1. The van der Waals surface area contributed by atoms with Crippen molar-refractivity contribution >= 4 is 22.7 Å². The summed E-state index contributed by atoms with van der Waals surface area (Å²) >= 11 is 0. The van der Waals surface area contributed by atoms with Crippen LogP contribution in [0.3, 0.4) is 0 Å². The number of nitrogens with zero attached hydrogens (tertiary/aromatic N) is 2. The van der Waals surface area contributed by atoms with E-state index in [1.807, 2.05) is 0 Å². The van der Waals surface area contributed by atoms with Crippen LogP contribution in [-0.2, 0) is 4.79 Å². The van der Waals surface area contributed by atoms with Crippen LogP contribution in [0.4, 0.5) is 14.6 Å². The maximum Gasteiger partial charge on any atom is 0.326 e. The van der Waals surface area contributed by atoms with E-state index < -0.39 is 24.3 Å². The Morgan fingerprint density at radius 1 is 1.24 bits per heavy atom. The normalized spacial score (nSPS) is 12.9. The van der Waals surface area contributed by atoms with E-state index in [9.17, 15) is 18.7 Å². The van der Waals surface area contributed by atoms with Crippen LogP contribution in [-0.4, -0.2) is 27.1 Å². The minimum Gasteiger partial charge on any atom is -0.480 e. The second-order valence-corrected chi connectivity index (χ2v) is 4.95. The smallest absolute Gasteiger partial charge is 0.326 e. The van der Waals surface area contributed by atoms with Crippen LogP contribution in [0.15, 0.2) is 24.3 Å². The highest BCUT2D eigenvalue weighted by molar-refractivity contribution is 5.91. The molecule has 0 aliphatic heterocycles. The van der Waals surface area contributed by atoms with Crippen molar-refractivity contribution in [1.82, 2.24) is 9.97 Å². The zero-order valence-corrected chi connectivity index (χ0v) is 11.5. The highest BCUT2D eigenvalue weighted by atomic mass is 19.3. The topological polar surface area (TPSA) is 75.1 Å².